The molecule has 160 valence electrons. The Morgan fingerprint density at radius 1 is 1.32 bits per heavy atom. The van der Waals surface area contributed by atoms with E-state index in [2.05, 4.69) is 35.7 Å². The van der Waals surface area contributed by atoms with Gasteiger partial charge in [-0.2, -0.15) is 0 Å². The number of amidine groups is 2. The standard InChI is InChI=1S/C18H22N12O/c1-2-3-15(31)27-14-7-24-13(18(23)30-26-9-20)6-10(14)16-11(21)4-5-12(28-16)17(22)29-25-8-19/h4-9,20,23H,2-3,21H2,1H3,(H2,19,25)(H2,22,29)(H,27,31)/b20-9?,23-18?,30-26-. The van der Waals surface area contributed by atoms with Crippen LogP contribution in [-0.4, -0.2) is 40.2 Å². The van der Waals surface area contributed by atoms with E-state index in [1.807, 2.05) is 6.92 Å². The van der Waals surface area contributed by atoms with E-state index in [9.17, 15) is 4.79 Å². The number of nitrogen functional groups attached to an aromatic ring is 1. The molecule has 13 nitrogen and oxygen atoms in total. The molecule has 0 radical (unpaired) electrons. The van der Waals surface area contributed by atoms with Crippen molar-refractivity contribution in [3.63, 3.8) is 0 Å². The summed E-state index contributed by atoms with van der Waals surface area (Å²) in [4.78, 5) is 20.8. The zero-order valence-corrected chi connectivity index (χ0v) is 16.7. The third kappa shape index (κ3) is 5.96. The van der Waals surface area contributed by atoms with Crippen LogP contribution in [-0.2, 0) is 4.79 Å². The summed E-state index contributed by atoms with van der Waals surface area (Å²) in [5.74, 6) is -0.504. The van der Waals surface area contributed by atoms with Crippen molar-refractivity contribution in [1.29, 1.82) is 10.8 Å². The lowest BCUT2D eigenvalue weighted by Gasteiger charge is -2.14. The van der Waals surface area contributed by atoms with Crippen molar-refractivity contribution in [2.24, 2.45) is 31.9 Å². The Labute approximate surface area is 177 Å². The van der Waals surface area contributed by atoms with Crippen LogP contribution >= 0.6 is 0 Å². The van der Waals surface area contributed by atoms with E-state index in [0.717, 1.165) is 6.34 Å². The molecule has 0 aliphatic heterocycles. The van der Waals surface area contributed by atoms with Gasteiger partial charge in [0.2, 0.25) is 5.91 Å². The molecule has 2 rings (SSSR count). The second-order valence-electron chi connectivity index (χ2n) is 5.99. The predicted molar refractivity (Wildman–Crippen MR) is 119 cm³/mol. The van der Waals surface area contributed by atoms with E-state index in [4.69, 9.17) is 28.0 Å². The highest BCUT2D eigenvalue weighted by atomic mass is 16.1. The number of hydrogen-bond acceptors (Lipinski definition) is 8. The van der Waals surface area contributed by atoms with Gasteiger partial charge in [-0.25, -0.2) is 4.98 Å². The second kappa shape index (κ2) is 10.8. The molecule has 9 N–H and O–H groups in total. The molecule has 0 aromatic carbocycles. The van der Waals surface area contributed by atoms with Crippen molar-refractivity contribution in [2.45, 2.75) is 19.8 Å². The van der Waals surface area contributed by atoms with E-state index < -0.39 is 0 Å². The van der Waals surface area contributed by atoms with Gasteiger partial charge >= 0.3 is 0 Å². The lowest BCUT2D eigenvalue weighted by molar-refractivity contribution is -0.116. The topological polar surface area (TPSA) is 230 Å². The van der Waals surface area contributed by atoms with Gasteiger partial charge in [0.25, 0.3) is 0 Å². The van der Waals surface area contributed by atoms with Crippen LogP contribution in [0.25, 0.3) is 11.3 Å². The van der Waals surface area contributed by atoms with Crippen LogP contribution in [0.3, 0.4) is 0 Å². The molecule has 0 aliphatic rings. The third-order valence-corrected chi connectivity index (χ3v) is 3.79. The van der Waals surface area contributed by atoms with Gasteiger partial charge in [0.15, 0.2) is 11.7 Å². The van der Waals surface area contributed by atoms with E-state index in [-0.39, 0.29) is 40.3 Å². The van der Waals surface area contributed by atoms with Crippen LogP contribution in [0.15, 0.2) is 44.8 Å². The number of carbonyl (C=O) groups is 1. The highest BCUT2D eigenvalue weighted by Crippen LogP contribution is 2.31. The largest absolute Gasteiger partial charge is 0.397 e. The maximum atomic E-state index is 12.2. The lowest BCUT2D eigenvalue weighted by Crippen LogP contribution is -2.16. The molecule has 2 aromatic heterocycles. The first-order valence-electron chi connectivity index (χ1n) is 9.03. The molecular formula is C18H22N12O. The molecule has 0 bridgehead atoms. The maximum Gasteiger partial charge on any atom is 0.224 e. The van der Waals surface area contributed by atoms with Crippen LogP contribution in [0.5, 0.6) is 0 Å². The van der Waals surface area contributed by atoms with Gasteiger partial charge in [-0.3, -0.25) is 20.6 Å². The molecule has 13 heteroatoms. The molecule has 2 heterocycles. The summed E-state index contributed by atoms with van der Waals surface area (Å²) >= 11 is 0. The van der Waals surface area contributed by atoms with Crippen LogP contribution < -0.4 is 22.5 Å². The molecule has 0 unspecified atom stereocenters. The summed E-state index contributed by atoms with van der Waals surface area (Å²) in [5, 5.41) is 31.8. The first kappa shape index (κ1) is 22.7. The molecular weight excluding hydrogens is 400 g/mol. The number of anilines is 2. The molecule has 31 heavy (non-hydrogen) atoms. The van der Waals surface area contributed by atoms with Crippen LogP contribution in [0.2, 0.25) is 0 Å². The van der Waals surface area contributed by atoms with Gasteiger partial charge < -0.3 is 22.5 Å². The van der Waals surface area contributed by atoms with Crippen molar-refractivity contribution < 1.29 is 4.79 Å². The van der Waals surface area contributed by atoms with Gasteiger partial charge in [0.05, 0.1) is 23.3 Å². The summed E-state index contributed by atoms with van der Waals surface area (Å²) in [6, 6.07) is 4.62. The Hall–Kier alpha value is -4.55. The third-order valence-electron chi connectivity index (χ3n) is 3.79. The van der Waals surface area contributed by atoms with Crippen LogP contribution in [0, 0.1) is 10.8 Å². The minimum absolute atomic E-state index is 0.00123. The van der Waals surface area contributed by atoms with Crippen molar-refractivity contribution >= 4 is 41.6 Å². The van der Waals surface area contributed by atoms with Gasteiger partial charge in [-0.1, -0.05) is 6.92 Å². The van der Waals surface area contributed by atoms with E-state index in [1.54, 1.807) is 12.1 Å². The maximum absolute atomic E-state index is 12.2. The monoisotopic (exact) mass is 422 g/mol. The first-order valence-corrected chi connectivity index (χ1v) is 9.03. The number of amides is 1. The summed E-state index contributed by atoms with van der Waals surface area (Å²) in [6.45, 7) is 1.88. The van der Waals surface area contributed by atoms with Gasteiger partial charge in [-0.15, -0.1) is 20.4 Å². The number of carbonyl (C=O) groups excluding carboxylic acids is 1. The second-order valence-corrected chi connectivity index (χ2v) is 5.99. The lowest BCUT2D eigenvalue weighted by atomic mass is 10.1. The number of rotatable bonds is 8. The number of nitrogens with two attached hydrogens (primary N) is 3. The van der Waals surface area contributed by atoms with Gasteiger partial charge in [0.1, 0.15) is 24.1 Å². The van der Waals surface area contributed by atoms with Crippen molar-refractivity contribution in [3.8, 4) is 11.3 Å². The zero-order valence-electron chi connectivity index (χ0n) is 16.7. The number of azo groups is 1. The van der Waals surface area contributed by atoms with Gasteiger partial charge in [-0.05, 0) is 24.6 Å². The molecule has 0 saturated carbocycles. The average Bonchev–Trinajstić information content (AvgIpc) is 2.76. The minimum Gasteiger partial charge on any atom is -0.397 e. The molecule has 0 spiro atoms. The van der Waals surface area contributed by atoms with Crippen LogP contribution in [0.4, 0.5) is 11.4 Å². The summed E-state index contributed by atoms with van der Waals surface area (Å²) in [6.07, 6.45) is 4.02. The summed E-state index contributed by atoms with van der Waals surface area (Å²) < 4.78 is 0. The normalized spacial score (nSPS) is 11.7. The van der Waals surface area contributed by atoms with E-state index >= 15 is 0 Å². The fourth-order valence-electron chi connectivity index (χ4n) is 2.43. The average molecular weight is 422 g/mol. The minimum atomic E-state index is -0.288. The van der Waals surface area contributed by atoms with Crippen molar-refractivity contribution in [1.82, 2.24) is 9.97 Å². The molecule has 0 aliphatic carbocycles. The Morgan fingerprint density at radius 2 is 2.10 bits per heavy atom. The SMILES string of the molecule is CCCC(=O)Nc1cnc(C(=N)/N=N\C=N)cc1-c1nc(/C(N)=N/N=C\N)ccc1N. The van der Waals surface area contributed by atoms with E-state index in [0.29, 0.717) is 30.4 Å². The molecule has 0 atom stereocenters. The van der Waals surface area contributed by atoms with Crippen LogP contribution in [0.1, 0.15) is 31.2 Å². The molecule has 2 aromatic rings. The van der Waals surface area contributed by atoms with Gasteiger partial charge in [0, 0.05) is 12.0 Å². The molecule has 0 fully saturated rings. The number of nitrogens with one attached hydrogen (secondary N) is 3. The molecule has 0 saturated heterocycles. The van der Waals surface area contributed by atoms with Crippen molar-refractivity contribution in [3.05, 3.63) is 35.8 Å². The Kier molecular flexibility index (Phi) is 7.96. The number of hydrogen-bond donors (Lipinski definition) is 6. The molecule has 1 amide bonds. The Balaban J connectivity index is 2.64. The Morgan fingerprint density at radius 3 is 2.77 bits per heavy atom. The summed E-state index contributed by atoms with van der Waals surface area (Å²) in [5.41, 5.74) is 18.9. The highest BCUT2D eigenvalue weighted by Gasteiger charge is 2.17. The fourth-order valence-corrected chi connectivity index (χ4v) is 2.43. The predicted octanol–water partition coefficient (Wildman–Crippen LogP) is 1.46. The highest BCUT2D eigenvalue weighted by molar-refractivity contribution is 6.01. The number of pyridine rings is 2. The quantitative estimate of drug-likeness (QED) is 0.159. The number of nitrogens with zero attached hydrogens (tertiary/aromatic N) is 6. The van der Waals surface area contributed by atoms with Crippen molar-refractivity contribution in [2.75, 3.05) is 11.1 Å². The number of aromatic nitrogens is 2. The first-order chi connectivity index (χ1) is 14.9. The zero-order chi connectivity index (χ0) is 22.8. The summed E-state index contributed by atoms with van der Waals surface area (Å²) in [7, 11) is 0. The Bertz CT molecular complexity index is 1070. The fraction of sp³-hybridized carbons (Fsp3) is 0.167. The van der Waals surface area contributed by atoms with E-state index in [1.165, 1.54) is 12.3 Å². The smallest absolute Gasteiger partial charge is 0.224 e.